The quantitative estimate of drug-likeness (QED) is 0.351. The highest BCUT2D eigenvalue weighted by atomic mass is 16.5. The van der Waals surface area contributed by atoms with Gasteiger partial charge in [-0.05, 0) is 42.3 Å². The van der Waals surface area contributed by atoms with Gasteiger partial charge in [0.15, 0.2) is 5.82 Å². The summed E-state index contributed by atoms with van der Waals surface area (Å²) in [6, 6.07) is 18.0. The number of anilines is 2. The maximum absolute atomic E-state index is 8.85. The van der Waals surface area contributed by atoms with Crippen LogP contribution < -0.4 is 5.32 Å². The average molecular weight is 484 g/mol. The SMILES string of the molecule is Cc1cccc(-c2nccc(Nc3ccnc(Cc4ccc(CN5CC(OCCO)C5)cc4)n3)n2)n1. The van der Waals surface area contributed by atoms with Crippen LogP contribution in [0.5, 0.6) is 0 Å². The monoisotopic (exact) mass is 483 g/mol. The molecule has 0 radical (unpaired) electrons. The van der Waals surface area contributed by atoms with E-state index in [0.717, 1.165) is 42.4 Å². The highest BCUT2D eigenvalue weighted by molar-refractivity contribution is 5.56. The molecule has 0 amide bonds. The van der Waals surface area contributed by atoms with Gasteiger partial charge in [0.1, 0.15) is 23.2 Å². The van der Waals surface area contributed by atoms with Crippen LogP contribution in [0.2, 0.25) is 0 Å². The molecule has 9 heteroatoms. The molecule has 0 saturated carbocycles. The third-order valence-corrected chi connectivity index (χ3v) is 5.89. The Morgan fingerprint density at radius 2 is 1.67 bits per heavy atom. The molecular weight excluding hydrogens is 454 g/mol. The maximum Gasteiger partial charge on any atom is 0.180 e. The lowest BCUT2D eigenvalue weighted by atomic mass is 10.1. The minimum Gasteiger partial charge on any atom is -0.394 e. The van der Waals surface area contributed by atoms with Gasteiger partial charge in [-0.1, -0.05) is 30.3 Å². The number of aromatic nitrogens is 5. The van der Waals surface area contributed by atoms with Crippen molar-refractivity contribution in [1.29, 1.82) is 0 Å². The summed E-state index contributed by atoms with van der Waals surface area (Å²) < 4.78 is 5.54. The van der Waals surface area contributed by atoms with Gasteiger partial charge in [0.25, 0.3) is 0 Å². The van der Waals surface area contributed by atoms with E-state index < -0.39 is 0 Å². The number of nitrogens with zero attached hydrogens (tertiary/aromatic N) is 6. The Labute approximate surface area is 210 Å². The molecule has 0 aliphatic carbocycles. The lowest BCUT2D eigenvalue weighted by molar-refractivity contribution is -0.0664. The molecule has 1 aromatic carbocycles. The first-order valence-electron chi connectivity index (χ1n) is 12.0. The van der Waals surface area contributed by atoms with E-state index in [0.29, 0.717) is 30.5 Å². The molecule has 1 fully saturated rings. The second-order valence-corrected chi connectivity index (χ2v) is 8.82. The van der Waals surface area contributed by atoms with Crippen molar-refractivity contribution in [3.63, 3.8) is 0 Å². The molecule has 3 aromatic heterocycles. The molecule has 0 unspecified atom stereocenters. The molecule has 9 nitrogen and oxygen atoms in total. The van der Waals surface area contributed by atoms with Gasteiger partial charge in [0.2, 0.25) is 0 Å². The lowest BCUT2D eigenvalue weighted by Gasteiger charge is -2.38. The fraction of sp³-hybridized carbons (Fsp3) is 0.296. The number of aryl methyl sites for hydroxylation is 1. The Morgan fingerprint density at radius 1 is 0.917 bits per heavy atom. The fourth-order valence-electron chi connectivity index (χ4n) is 4.08. The molecule has 1 saturated heterocycles. The van der Waals surface area contributed by atoms with E-state index >= 15 is 0 Å². The molecule has 5 rings (SSSR count). The second kappa shape index (κ2) is 11.3. The molecule has 0 bridgehead atoms. The predicted octanol–water partition coefficient (Wildman–Crippen LogP) is 3.16. The Balaban J connectivity index is 1.18. The maximum atomic E-state index is 8.85. The van der Waals surface area contributed by atoms with Crippen LogP contribution >= 0.6 is 0 Å². The van der Waals surface area contributed by atoms with Crippen molar-refractivity contribution in [1.82, 2.24) is 29.8 Å². The third-order valence-electron chi connectivity index (χ3n) is 5.89. The Hall–Kier alpha value is -3.79. The number of benzene rings is 1. The average Bonchev–Trinajstić information content (AvgIpc) is 2.87. The molecule has 36 heavy (non-hydrogen) atoms. The van der Waals surface area contributed by atoms with Gasteiger partial charge in [-0.2, -0.15) is 0 Å². The van der Waals surface area contributed by atoms with Crippen molar-refractivity contribution in [3.05, 3.63) is 89.6 Å². The van der Waals surface area contributed by atoms with Gasteiger partial charge in [0, 0.05) is 44.1 Å². The minimum atomic E-state index is 0.0773. The summed E-state index contributed by atoms with van der Waals surface area (Å²) in [5.41, 5.74) is 4.06. The number of likely N-dealkylation sites (tertiary alicyclic amines) is 1. The molecule has 1 aliphatic rings. The zero-order valence-corrected chi connectivity index (χ0v) is 20.2. The summed E-state index contributed by atoms with van der Waals surface area (Å²) in [6.07, 6.45) is 4.34. The smallest absolute Gasteiger partial charge is 0.180 e. The summed E-state index contributed by atoms with van der Waals surface area (Å²) >= 11 is 0. The van der Waals surface area contributed by atoms with Gasteiger partial charge in [0.05, 0.1) is 19.3 Å². The van der Waals surface area contributed by atoms with Crippen molar-refractivity contribution in [3.8, 4) is 11.5 Å². The third kappa shape index (κ3) is 6.25. The molecule has 2 N–H and O–H groups in total. The second-order valence-electron chi connectivity index (χ2n) is 8.82. The van der Waals surface area contributed by atoms with Crippen molar-refractivity contribution in [2.75, 3.05) is 31.6 Å². The number of aliphatic hydroxyl groups is 1. The highest BCUT2D eigenvalue weighted by Crippen LogP contribution is 2.19. The summed E-state index contributed by atoms with van der Waals surface area (Å²) in [5.74, 6) is 2.61. The lowest BCUT2D eigenvalue weighted by Crippen LogP contribution is -2.51. The van der Waals surface area contributed by atoms with Crippen LogP contribution in [0.25, 0.3) is 11.5 Å². The van der Waals surface area contributed by atoms with E-state index in [2.05, 4.69) is 59.4 Å². The van der Waals surface area contributed by atoms with E-state index in [9.17, 15) is 0 Å². The van der Waals surface area contributed by atoms with Crippen LogP contribution in [-0.4, -0.2) is 67.3 Å². The van der Waals surface area contributed by atoms with Crippen molar-refractivity contribution in [2.45, 2.75) is 26.0 Å². The first kappa shape index (κ1) is 23.9. The van der Waals surface area contributed by atoms with E-state index in [-0.39, 0.29) is 12.7 Å². The summed E-state index contributed by atoms with van der Waals surface area (Å²) in [5, 5.41) is 12.1. The summed E-state index contributed by atoms with van der Waals surface area (Å²) in [7, 11) is 0. The Bertz CT molecular complexity index is 1290. The van der Waals surface area contributed by atoms with Gasteiger partial charge in [-0.3, -0.25) is 4.90 Å². The predicted molar refractivity (Wildman–Crippen MR) is 137 cm³/mol. The first-order chi connectivity index (χ1) is 17.6. The first-order valence-corrected chi connectivity index (χ1v) is 12.0. The molecule has 4 aromatic rings. The molecule has 184 valence electrons. The zero-order valence-electron chi connectivity index (χ0n) is 20.2. The number of rotatable bonds is 10. The highest BCUT2D eigenvalue weighted by Gasteiger charge is 2.26. The summed E-state index contributed by atoms with van der Waals surface area (Å²) in [6.45, 7) is 5.15. The standard InChI is InChI=1S/C27H29N7O2/c1-19-3-2-4-23(30-19)27-29-12-10-25(33-27)31-24-9-11-28-26(32-24)15-20-5-7-21(8-6-20)16-34-17-22(18-34)36-14-13-35/h2-12,22,35H,13-18H2,1H3,(H,28,29,31,32,33). The van der Waals surface area contributed by atoms with Gasteiger partial charge in [-0.15, -0.1) is 0 Å². The van der Waals surface area contributed by atoms with E-state index in [1.165, 1.54) is 5.56 Å². The van der Waals surface area contributed by atoms with Crippen LogP contribution in [0.1, 0.15) is 22.6 Å². The number of pyridine rings is 1. The largest absolute Gasteiger partial charge is 0.394 e. The number of aliphatic hydroxyl groups excluding tert-OH is 1. The van der Waals surface area contributed by atoms with Gasteiger partial charge < -0.3 is 15.2 Å². The zero-order chi connectivity index (χ0) is 24.7. The number of hydrogen-bond acceptors (Lipinski definition) is 9. The summed E-state index contributed by atoms with van der Waals surface area (Å²) in [4.78, 5) is 24.9. The number of nitrogens with one attached hydrogen (secondary N) is 1. The topological polar surface area (TPSA) is 109 Å². The van der Waals surface area contributed by atoms with Crippen molar-refractivity contribution in [2.24, 2.45) is 0 Å². The number of hydrogen-bond donors (Lipinski definition) is 2. The molecule has 0 spiro atoms. The number of ether oxygens (including phenoxy) is 1. The van der Waals surface area contributed by atoms with Crippen LogP contribution in [0.3, 0.4) is 0 Å². The Kier molecular flexibility index (Phi) is 7.51. The fourth-order valence-corrected chi connectivity index (χ4v) is 4.08. The molecule has 0 atom stereocenters. The van der Waals surface area contributed by atoms with Crippen LogP contribution in [-0.2, 0) is 17.7 Å². The van der Waals surface area contributed by atoms with Gasteiger partial charge >= 0.3 is 0 Å². The molecule has 4 heterocycles. The molecular formula is C27H29N7O2. The van der Waals surface area contributed by atoms with Crippen molar-refractivity contribution >= 4 is 11.6 Å². The van der Waals surface area contributed by atoms with E-state index in [4.69, 9.17) is 9.84 Å². The van der Waals surface area contributed by atoms with E-state index in [1.807, 2.05) is 31.2 Å². The minimum absolute atomic E-state index is 0.0773. The van der Waals surface area contributed by atoms with Gasteiger partial charge in [-0.25, -0.2) is 24.9 Å². The van der Waals surface area contributed by atoms with Crippen LogP contribution in [0, 0.1) is 6.92 Å². The molecule has 1 aliphatic heterocycles. The van der Waals surface area contributed by atoms with Crippen molar-refractivity contribution < 1.29 is 9.84 Å². The van der Waals surface area contributed by atoms with Crippen LogP contribution in [0.4, 0.5) is 11.6 Å². The van der Waals surface area contributed by atoms with Crippen LogP contribution in [0.15, 0.2) is 67.0 Å². The normalized spacial score (nSPS) is 13.9. The van der Waals surface area contributed by atoms with E-state index in [1.54, 1.807) is 18.5 Å². The Morgan fingerprint density at radius 3 is 2.44 bits per heavy atom.